The monoisotopic (exact) mass is 1330 g/mol. The number of benzene rings is 18. The summed E-state index contributed by atoms with van der Waals surface area (Å²) in [6, 6.07) is 144. The molecule has 105 heavy (non-hydrogen) atoms. The number of aromatic nitrogens is 2. The van der Waals surface area contributed by atoms with Crippen molar-refractivity contribution in [2.75, 3.05) is 9.80 Å². The van der Waals surface area contributed by atoms with Gasteiger partial charge in [-0.3, -0.25) is 0 Å². The summed E-state index contributed by atoms with van der Waals surface area (Å²) in [5.74, 6) is 0. The van der Waals surface area contributed by atoms with E-state index in [0.29, 0.717) is 0 Å². The molecule has 0 bridgehead atoms. The molecule has 0 amide bonds. The Morgan fingerprint density at radius 1 is 0.200 bits per heavy atom. The zero-order valence-corrected chi connectivity index (χ0v) is 57.2. The van der Waals surface area contributed by atoms with Crippen molar-refractivity contribution in [2.24, 2.45) is 0 Å². The molecule has 0 N–H and O–H groups in total. The molecular formula is C100H63BN4. The highest BCUT2D eigenvalue weighted by molar-refractivity contribution is 7.00. The summed E-state index contributed by atoms with van der Waals surface area (Å²) in [7, 11) is 0. The first-order valence-electron chi connectivity index (χ1n) is 36.4. The van der Waals surface area contributed by atoms with Gasteiger partial charge in [0.25, 0.3) is 6.71 Å². The van der Waals surface area contributed by atoms with Crippen LogP contribution in [0.15, 0.2) is 382 Å². The number of hydrogen-bond acceptors (Lipinski definition) is 2. The summed E-state index contributed by atoms with van der Waals surface area (Å²) in [5, 5.41) is 12.6. The zero-order valence-electron chi connectivity index (χ0n) is 57.2. The minimum atomic E-state index is -0.260. The molecule has 2 aliphatic heterocycles. The summed E-state index contributed by atoms with van der Waals surface area (Å²) in [5.41, 5.74) is 30.8. The minimum Gasteiger partial charge on any atom is -0.310 e. The predicted octanol–water partition coefficient (Wildman–Crippen LogP) is 24.9. The van der Waals surface area contributed by atoms with Crippen molar-refractivity contribution in [1.82, 2.24) is 9.13 Å². The van der Waals surface area contributed by atoms with Crippen molar-refractivity contribution in [2.45, 2.75) is 0 Å². The van der Waals surface area contributed by atoms with E-state index < -0.39 is 0 Å². The van der Waals surface area contributed by atoms with Crippen LogP contribution >= 0.6 is 0 Å². The lowest BCUT2D eigenvalue weighted by atomic mass is 9.33. The van der Waals surface area contributed by atoms with Crippen molar-refractivity contribution >= 4 is 133 Å². The van der Waals surface area contributed by atoms with Gasteiger partial charge in [-0.05, 0) is 160 Å². The smallest absolute Gasteiger partial charge is 0.252 e. The summed E-state index contributed by atoms with van der Waals surface area (Å²) in [6.45, 7) is -0.260. The number of para-hydroxylation sites is 6. The van der Waals surface area contributed by atoms with E-state index in [9.17, 15) is 0 Å². The second-order valence-electron chi connectivity index (χ2n) is 28.2. The maximum Gasteiger partial charge on any atom is 0.252 e. The van der Waals surface area contributed by atoms with E-state index in [0.717, 1.165) is 123 Å². The SMILES string of the molecule is c1ccc(-c2cccc(-c3ccccc3)c2N2c3cc(-n4c5ccccc5c5ccccc54)ccc3B3c4ccc(-n5c6ccccc6c6ccccc65)cc4N(c4c(-c5ccccc5)cccc4-c4ccccc4)c4cc(-c5ccc(-c6cc7cccc8ccc9cccc6c9c87)cc5)cc2c43)cc1. The van der Waals surface area contributed by atoms with Gasteiger partial charge in [0.05, 0.1) is 33.4 Å². The van der Waals surface area contributed by atoms with Gasteiger partial charge < -0.3 is 18.9 Å². The lowest BCUT2D eigenvalue weighted by molar-refractivity contribution is 1.17. The fourth-order valence-corrected chi connectivity index (χ4v) is 18.1. The summed E-state index contributed by atoms with van der Waals surface area (Å²) < 4.78 is 4.98. The third-order valence-corrected chi connectivity index (χ3v) is 22.6. The van der Waals surface area contributed by atoms with Gasteiger partial charge >= 0.3 is 0 Å². The zero-order chi connectivity index (χ0) is 68.8. The third-order valence-electron chi connectivity index (χ3n) is 22.6. The van der Waals surface area contributed by atoms with Crippen molar-refractivity contribution in [3.05, 3.63) is 382 Å². The topological polar surface area (TPSA) is 16.3 Å². The maximum absolute atomic E-state index is 2.69. The Hall–Kier alpha value is -13.7. The van der Waals surface area contributed by atoms with E-state index in [1.807, 2.05) is 0 Å². The van der Waals surface area contributed by atoms with E-state index in [1.54, 1.807) is 0 Å². The van der Waals surface area contributed by atoms with Gasteiger partial charge in [-0.15, -0.1) is 0 Å². The van der Waals surface area contributed by atoms with Crippen LogP contribution in [0.4, 0.5) is 34.1 Å². The molecule has 18 aromatic carbocycles. The van der Waals surface area contributed by atoms with Gasteiger partial charge in [0.1, 0.15) is 0 Å². The van der Waals surface area contributed by atoms with Gasteiger partial charge in [-0.1, -0.05) is 315 Å². The number of rotatable bonds is 10. The standard InChI is InChI=1S/C100H63BN4/c1-5-25-65(26-6-1)76-40-23-41-77(66-27-7-2-8-28-66)99(76)104-92-62-74(102-88-45-17-13-36-80(88)81-37-14-18-46-89(81)102)55-57-86(92)101-87-58-56-75(103-90-47-19-15-38-82(90)83-39-16-20-48-91(83)103)63-93(87)105(100-78(67-29-9-3-10-30-67)42-24-43-79(100)68-31-11-4-12-32-68)95-61-73(60-94(104)98(95)101)64-49-51-69(52-50-64)85-59-72-35-21-33-70-53-54-71-34-22-44-84(85)97(71)96(70)72/h1-63H. The molecule has 0 saturated heterocycles. The fraction of sp³-hybridized carbons (Fsp3) is 0. The molecule has 4 heterocycles. The van der Waals surface area contributed by atoms with Crippen LogP contribution in [0.2, 0.25) is 0 Å². The highest BCUT2D eigenvalue weighted by Gasteiger charge is 2.46. The average Bonchev–Trinajstić information content (AvgIpc) is 0.892. The lowest BCUT2D eigenvalue weighted by Crippen LogP contribution is -2.61. The Kier molecular flexibility index (Phi) is 13.2. The molecule has 0 aliphatic carbocycles. The highest BCUT2D eigenvalue weighted by Crippen LogP contribution is 2.55. The van der Waals surface area contributed by atoms with Crippen LogP contribution in [0.3, 0.4) is 0 Å². The molecular weight excluding hydrogens is 1270 g/mol. The van der Waals surface area contributed by atoms with Crippen molar-refractivity contribution < 1.29 is 0 Å². The van der Waals surface area contributed by atoms with Gasteiger partial charge in [-0.2, -0.15) is 0 Å². The Labute approximate surface area is 608 Å². The molecule has 0 fully saturated rings. The summed E-state index contributed by atoms with van der Waals surface area (Å²) in [6.07, 6.45) is 0. The molecule has 20 aromatic rings. The van der Waals surface area contributed by atoms with E-state index in [-0.39, 0.29) is 6.71 Å². The van der Waals surface area contributed by atoms with Gasteiger partial charge in [0.15, 0.2) is 0 Å². The molecule has 22 rings (SSSR count). The van der Waals surface area contributed by atoms with Crippen molar-refractivity contribution in [3.63, 3.8) is 0 Å². The predicted molar refractivity (Wildman–Crippen MR) is 445 cm³/mol. The fourth-order valence-electron chi connectivity index (χ4n) is 18.1. The Balaban J connectivity index is 0.892. The summed E-state index contributed by atoms with van der Waals surface area (Å²) >= 11 is 0. The van der Waals surface area contributed by atoms with Crippen molar-refractivity contribution in [3.8, 4) is 78.1 Å². The first-order valence-corrected chi connectivity index (χ1v) is 36.4. The highest BCUT2D eigenvalue weighted by atomic mass is 15.2. The minimum absolute atomic E-state index is 0.260. The van der Waals surface area contributed by atoms with Gasteiger partial charge in [0.2, 0.25) is 0 Å². The van der Waals surface area contributed by atoms with Crippen LogP contribution in [0.25, 0.3) is 154 Å². The van der Waals surface area contributed by atoms with E-state index in [2.05, 4.69) is 401 Å². The number of nitrogens with zero attached hydrogens (tertiary/aromatic N) is 4. The molecule has 0 radical (unpaired) electrons. The van der Waals surface area contributed by atoms with E-state index in [4.69, 9.17) is 0 Å². The number of anilines is 6. The van der Waals surface area contributed by atoms with Crippen LogP contribution in [0.1, 0.15) is 0 Å². The van der Waals surface area contributed by atoms with Crippen LogP contribution < -0.4 is 26.2 Å². The number of fused-ring (bicyclic) bond motifs is 10. The molecule has 2 aromatic heterocycles. The molecule has 2 aliphatic rings. The molecule has 5 heteroatoms. The second kappa shape index (κ2) is 23.4. The Morgan fingerprint density at radius 3 is 0.971 bits per heavy atom. The maximum atomic E-state index is 2.69. The van der Waals surface area contributed by atoms with Crippen molar-refractivity contribution in [1.29, 1.82) is 0 Å². The second-order valence-corrected chi connectivity index (χ2v) is 28.2. The molecule has 0 saturated carbocycles. The molecule has 0 atom stereocenters. The van der Waals surface area contributed by atoms with E-state index >= 15 is 0 Å². The molecule has 486 valence electrons. The normalized spacial score (nSPS) is 12.5. The third kappa shape index (κ3) is 9.02. The molecule has 4 nitrogen and oxygen atoms in total. The molecule has 0 unspecified atom stereocenters. The van der Waals surface area contributed by atoms with Gasteiger partial charge in [-0.25, -0.2) is 0 Å². The first kappa shape index (κ1) is 59.0. The number of hydrogen-bond donors (Lipinski definition) is 0. The Bertz CT molecular complexity index is 6360. The quantitative estimate of drug-likeness (QED) is 0.100. The molecule has 0 spiro atoms. The lowest BCUT2D eigenvalue weighted by Gasteiger charge is -2.46. The van der Waals surface area contributed by atoms with Crippen LogP contribution in [-0.2, 0) is 0 Å². The van der Waals surface area contributed by atoms with E-state index in [1.165, 1.54) is 81.4 Å². The van der Waals surface area contributed by atoms with Gasteiger partial charge in [0, 0.05) is 77.9 Å². The first-order chi connectivity index (χ1) is 52.1. The van der Waals surface area contributed by atoms with Crippen LogP contribution in [0.5, 0.6) is 0 Å². The summed E-state index contributed by atoms with van der Waals surface area (Å²) in [4.78, 5) is 5.37. The Morgan fingerprint density at radius 2 is 0.543 bits per heavy atom. The largest absolute Gasteiger partial charge is 0.310 e. The average molecular weight is 1330 g/mol. The van der Waals surface area contributed by atoms with Crippen LogP contribution in [-0.4, -0.2) is 15.8 Å². The van der Waals surface area contributed by atoms with Crippen LogP contribution in [0, 0.1) is 0 Å².